The molecule has 1 atom stereocenters. The summed E-state index contributed by atoms with van der Waals surface area (Å²) >= 11 is 0. The molecule has 19 heavy (non-hydrogen) atoms. The van der Waals surface area contributed by atoms with Crippen LogP contribution < -0.4 is 5.32 Å². The average Bonchev–Trinajstić information content (AvgIpc) is 2.70. The maximum Gasteiger partial charge on any atom is 0.125 e. The summed E-state index contributed by atoms with van der Waals surface area (Å²) in [4.78, 5) is 0. The highest BCUT2D eigenvalue weighted by Gasteiger charge is 2.15. The van der Waals surface area contributed by atoms with E-state index in [1.165, 1.54) is 12.1 Å². The lowest BCUT2D eigenvalue weighted by Crippen LogP contribution is -2.19. The number of nitrogens with one attached hydrogen (secondary N) is 1. The molecular weight excluding hydrogens is 243 g/mol. The number of benzene rings is 1. The van der Waals surface area contributed by atoms with Gasteiger partial charge in [0.05, 0.1) is 17.4 Å². The van der Waals surface area contributed by atoms with Crippen LogP contribution in [0.5, 0.6) is 0 Å². The minimum absolute atomic E-state index is 0.133. The first-order chi connectivity index (χ1) is 9.02. The van der Waals surface area contributed by atoms with Crippen LogP contribution in [-0.4, -0.2) is 21.5 Å². The molecule has 1 N–H and O–H groups in total. The van der Waals surface area contributed by atoms with Crippen molar-refractivity contribution in [3.05, 3.63) is 41.0 Å². The molecule has 102 valence electrons. The van der Waals surface area contributed by atoms with Gasteiger partial charge in [-0.05, 0) is 51.1 Å². The van der Waals surface area contributed by atoms with Gasteiger partial charge in [-0.1, -0.05) is 12.1 Å². The third kappa shape index (κ3) is 2.81. The van der Waals surface area contributed by atoms with Crippen molar-refractivity contribution in [1.82, 2.24) is 20.3 Å². The average molecular weight is 262 g/mol. The van der Waals surface area contributed by atoms with Gasteiger partial charge >= 0.3 is 0 Å². The third-order valence-corrected chi connectivity index (χ3v) is 3.12. The van der Waals surface area contributed by atoms with E-state index < -0.39 is 0 Å². The lowest BCUT2D eigenvalue weighted by atomic mass is 10.2. The number of halogens is 1. The summed E-state index contributed by atoms with van der Waals surface area (Å²) < 4.78 is 15.1. The normalized spacial score (nSPS) is 12.7. The van der Waals surface area contributed by atoms with E-state index >= 15 is 0 Å². The van der Waals surface area contributed by atoms with Gasteiger partial charge in [-0.25, -0.2) is 9.07 Å². The predicted octanol–water partition coefficient (Wildman–Crippen LogP) is 2.69. The summed E-state index contributed by atoms with van der Waals surface area (Å²) in [5, 5.41) is 11.6. The van der Waals surface area contributed by atoms with Gasteiger partial charge in [-0.3, -0.25) is 0 Å². The van der Waals surface area contributed by atoms with Gasteiger partial charge in [0.1, 0.15) is 11.5 Å². The monoisotopic (exact) mass is 262 g/mol. The second kappa shape index (κ2) is 5.48. The van der Waals surface area contributed by atoms with Gasteiger partial charge in [0.2, 0.25) is 0 Å². The van der Waals surface area contributed by atoms with Crippen LogP contribution in [0.4, 0.5) is 4.39 Å². The van der Waals surface area contributed by atoms with E-state index in [4.69, 9.17) is 0 Å². The van der Waals surface area contributed by atoms with Crippen molar-refractivity contribution in [3.8, 4) is 5.69 Å². The molecule has 2 rings (SSSR count). The molecule has 0 aliphatic rings. The van der Waals surface area contributed by atoms with Crippen LogP contribution in [0.2, 0.25) is 0 Å². The Hall–Kier alpha value is -1.75. The quantitative estimate of drug-likeness (QED) is 0.921. The first-order valence-electron chi connectivity index (χ1n) is 6.46. The largest absolute Gasteiger partial charge is 0.309 e. The maximum absolute atomic E-state index is 13.5. The molecule has 0 radical (unpaired) electrons. The molecule has 1 heterocycles. The van der Waals surface area contributed by atoms with Gasteiger partial charge in [-0.15, -0.1) is 5.10 Å². The molecule has 0 spiro atoms. The van der Waals surface area contributed by atoms with E-state index in [1.807, 2.05) is 33.8 Å². The highest BCUT2D eigenvalue weighted by Crippen LogP contribution is 2.19. The molecule has 5 heteroatoms. The molecule has 4 nitrogen and oxygen atoms in total. The van der Waals surface area contributed by atoms with Crippen molar-refractivity contribution in [2.24, 2.45) is 0 Å². The highest BCUT2D eigenvalue weighted by atomic mass is 19.1. The SMILES string of the molecule is CCNC(C)c1nnn(-c2cc(C)cc(F)c2)c1C. The summed E-state index contributed by atoms with van der Waals surface area (Å²) in [6.45, 7) is 8.77. The summed E-state index contributed by atoms with van der Waals surface area (Å²) in [5.74, 6) is -0.258. The number of hydrogen-bond donors (Lipinski definition) is 1. The fraction of sp³-hybridized carbons (Fsp3) is 0.429. The number of rotatable bonds is 4. The van der Waals surface area contributed by atoms with E-state index in [0.29, 0.717) is 5.69 Å². The molecule has 0 aliphatic carbocycles. The zero-order chi connectivity index (χ0) is 14.0. The molecular formula is C14H19FN4. The molecule has 0 fully saturated rings. The second-order valence-electron chi connectivity index (χ2n) is 4.74. The van der Waals surface area contributed by atoms with E-state index in [-0.39, 0.29) is 11.9 Å². The summed E-state index contributed by atoms with van der Waals surface area (Å²) in [5.41, 5.74) is 3.39. The van der Waals surface area contributed by atoms with E-state index in [9.17, 15) is 4.39 Å². The van der Waals surface area contributed by atoms with Crippen LogP contribution in [0.3, 0.4) is 0 Å². The molecule has 0 aliphatic heterocycles. The van der Waals surface area contributed by atoms with Crippen molar-refractivity contribution < 1.29 is 4.39 Å². The second-order valence-corrected chi connectivity index (χ2v) is 4.74. The molecule has 0 saturated heterocycles. The fourth-order valence-corrected chi connectivity index (χ4v) is 2.23. The van der Waals surface area contributed by atoms with Crippen molar-refractivity contribution in [2.75, 3.05) is 6.54 Å². The minimum atomic E-state index is -0.258. The van der Waals surface area contributed by atoms with Crippen LogP contribution in [0, 0.1) is 19.7 Å². The topological polar surface area (TPSA) is 42.7 Å². The van der Waals surface area contributed by atoms with Crippen molar-refractivity contribution in [3.63, 3.8) is 0 Å². The lowest BCUT2D eigenvalue weighted by Gasteiger charge is -2.10. The summed E-state index contributed by atoms with van der Waals surface area (Å²) in [6.07, 6.45) is 0. The number of aryl methyl sites for hydroxylation is 1. The zero-order valence-electron chi connectivity index (χ0n) is 11.7. The van der Waals surface area contributed by atoms with Gasteiger partial charge in [-0.2, -0.15) is 0 Å². The van der Waals surface area contributed by atoms with Crippen molar-refractivity contribution >= 4 is 0 Å². The predicted molar refractivity (Wildman–Crippen MR) is 72.9 cm³/mol. The third-order valence-electron chi connectivity index (χ3n) is 3.12. The molecule has 0 amide bonds. The first kappa shape index (κ1) is 13.7. The van der Waals surface area contributed by atoms with E-state index in [2.05, 4.69) is 15.6 Å². The molecule has 0 saturated carbocycles. The van der Waals surface area contributed by atoms with E-state index in [0.717, 1.165) is 23.5 Å². The van der Waals surface area contributed by atoms with Crippen LogP contribution >= 0.6 is 0 Å². The number of aromatic nitrogens is 3. The maximum atomic E-state index is 13.5. The van der Waals surface area contributed by atoms with Crippen molar-refractivity contribution in [1.29, 1.82) is 0 Å². The Morgan fingerprint density at radius 1 is 1.32 bits per heavy atom. The minimum Gasteiger partial charge on any atom is -0.309 e. The van der Waals surface area contributed by atoms with Crippen molar-refractivity contribution in [2.45, 2.75) is 33.7 Å². The Morgan fingerprint density at radius 3 is 2.68 bits per heavy atom. The van der Waals surface area contributed by atoms with Gasteiger partial charge in [0.15, 0.2) is 0 Å². The number of hydrogen-bond acceptors (Lipinski definition) is 3. The highest BCUT2D eigenvalue weighted by molar-refractivity contribution is 5.37. The van der Waals surface area contributed by atoms with Gasteiger partial charge < -0.3 is 5.32 Å². The zero-order valence-corrected chi connectivity index (χ0v) is 11.7. The molecule has 1 unspecified atom stereocenters. The molecule has 0 bridgehead atoms. The summed E-state index contributed by atoms with van der Waals surface area (Å²) in [7, 11) is 0. The Morgan fingerprint density at radius 2 is 2.05 bits per heavy atom. The Balaban J connectivity index is 2.41. The number of nitrogens with zero attached hydrogens (tertiary/aromatic N) is 3. The molecule has 2 aromatic rings. The Bertz CT molecular complexity index is 557. The molecule has 1 aromatic heterocycles. The summed E-state index contributed by atoms with van der Waals surface area (Å²) in [6, 6.07) is 4.99. The van der Waals surface area contributed by atoms with Crippen LogP contribution in [-0.2, 0) is 0 Å². The van der Waals surface area contributed by atoms with Crippen LogP contribution in [0.25, 0.3) is 5.69 Å². The lowest BCUT2D eigenvalue weighted by molar-refractivity contribution is 0.579. The van der Waals surface area contributed by atoms with Crippen LogP contribution in [0.15, 0.2) is 18.2 Å². The smallest absolute Gasteiger partial charge is 0.125 e. The molecule has 1 aromatic carbocycles. The standard InChI is InChI=1S/C14H19FN4/c1-5-16-10(3)14-11(4)19(18-17-14)13-7-9(2)6-12(15)8-13/h6-8,10,16H,5H2,1-4H3. The fourth-order valence-electron chi connectivity index (χ4n) is 2.23. The van der Waals surface area contributed by atoms with E-state index in [1.54, 1.807) is 4.68 Å². The van der Waals surface area contributed by atoms with Gasteiger partial charge in [0, 0.05) is 0 Å². The Kier molecular flexibility index (Phi) is 3.95. The van der Waals surface area contributed by atoms with Crippen LogP contribution in [0.1, 0.15) is 36.8 Å². The first-order valence-corrected chi connectivity index (χ1v) is 6.46. The van der Waals surface area contributed by atoms with Gasteiger partial charge in [0.25, 0.3) is 0 Å². The Labute approximate surface area is 112 Å².